The van der Waals surface area contributed by atoms with E-state index in [0.29, 0.717) is 5.82 Å². The number of halogens is 4. The van der Waals surface area contributed by atoms with Gasteiger partial charge >= 0.3 is 6.18 Å². The van der Waals surface area contributed by atoms with E-state index < -0.39 is 11.7 Å². The minimum atomic E-state index is -4.55. The molecule has 0 spiro atoms. The molecule has 0 atom stereocenters. The number of nitrogens with one attached hydrogen (secondary N) is 1. The van der Waals surface area contributed by atoms with Crippen LogP contribution in [0.3, 0.4) is 0 Å². The van der Waals surface area contributed by atoms with E-state index in [1.165, 1.54) is 4.40 Å². The lowest BCUT2D eigenvalue weighted by Gasteiger charge is -2.09. The summed E-state index contributed by atoms with van der Waals surface area (Å²) in [5.74, 6) is 0.747. The van der Waals surface area contributed by atoms with Gasteiger partial charge in [-0.25, -0.2) is 0 Å². The molecule has 13 heteroatoms. The van der Waals surface area contributed by atoms with Crippen LogP contribution in [0.5, 0.6) is 0 Å². The van der Waals surface area contributed by atoms with Crippen LogP contribution in [-0.2, 0) is 11.9 Å². The fraction of sp³-hybridized carbons (Fsp3) is 0.118. The molecule has 0 aliphatic heterocycles. The van der Waals surface area contributed by atoms with Crippen molar-refractivity contribution in [1.82, 2.24) is 29.5 Å². The lowest BCUT2D eigenvalue weighted by atomic mass is 10.3. The van der Waals surface area contributed by atoms with Gasteiger partial charge in [-0.2, -0.15) is 28.1 Å². The molecule has 154 valence electrons. The molecule has 3 N–H and O–H groups in total. The van der Waals surface area contributed by atoms with Gasteiger partial charge in [0.15, 0.2) is 10.8 Å². The number of pyridine rings is 1. The van der Waals surface area contributed by atoms with Crippen molar-refractivity contribution in [3.8, 4) is 0 Å². The first kappa shape index (κ1) is 20.2. The van der Waals surface area contributed by atoms with Gasteiger partial charge in [0.25, 0.3) is 0 Å². The highest BCUT2D eigenvalue weighted by atomic mass is 35.5. The van der Waals surface area contributed by atoms with Gasteiger partial charge < -0.3 is 11.1 Å². The van der Waals surface area contributed by atoms with Gasteiger partial charge in [-0.3, -0.25) is 4.40 Å². The summed E-state index contributed by atoms with van der Waals surface area (Å²) >= 11 is 7.02. The van der Waals surface area contributed by atoms with Crippen molar-refractivity contribution >= 4 is 46.6 Å². The number of alkyl halides is 3. The van der Waals surface area contributed by atoms with Gasteiger partial charge in [-0.05, 0) is 18.2 Å². The van der Waals surface area contributed by atoms with Gasteiger partial charge in [0, 0.05) is 11.9 Å². The molecule has 3 heterocycles. The van der Waals surface area contributed by atoms with Crippen LogP contribution in [-0.4, -0.2) is 29.5 Å². The summed E-state index contributed by atoms with van der Waals surface area (Å²) in [4.78, 5) is 12.4. The highest BCUT2D eigenvalue weighted by molar-refractivity contribution is 7.98. The Hall–Kier alpha value is -3.12. The predicted octanol–water partition coefficient (Wildman–Crippen LogP) is 4.20. The van der Waals surface area contributed by atoms with E-state index in [2.05, 4.69) is 30.5 Å². The molecule has 8 nitrogen and oxygen atoms in total. The molecule has 0 fully saturated rings. The third-order valence-electron chi connectivity index (χ3n) is 3.82. The number of hydrogen-bond donors (Lipinski definition) is 2. The normalized spacial score (nSPS) is 11.7. The summed E-state index contributed by atoms with van der Waals surface area (Å²) in [6.07, 6.45) is -3.65. The third kappa shape index (κ3) is 4.39. The van der Waals surface area contributed by atoms with Gasteiger partial charge in [0.2, 0.25) is 11.9 Å². The van der Waals surface area contributed by atoms with Crippen molar-refractivity contribution in [2.75, 3.05) is 11.1 Å². The van der Waals surface area contributed by atoms with Crippen molar-refractivity contribution in [1.29, 1.82) is 0 Å². The van der Waals surface area contributed by atoms with Crippen LogP contribution in [0, 0.1) is 0 Å². The zero-order chi connectivity index (χ0) is 21.3. The van der Waals surface area contributed by atoms with E-state index in [1.807, 2.05) is 30.3 Å². The number of fused-ring (bicyclic) bond motifs is 1. The number of hydrogen-bond acceptors (Lipinski definition) is 8. The van der Waals surface area contributed by atoms with Gasteiger partial charge in [-0.1, -0.05) is 41.6 Å². The second-order valence-corrected chi connectivity index (χ2v) is 7.31. The summed E-state index contributed by atoms with van der Waals surface area (Å²) in [7, 11) is 0. The summed E-state index contributed by atoms with van der Waals surface area (Å²) in [5.41, 5.74) is 5.73. The first-order valence-electron chi connectivity index (χ1n) is 8.36. The molecule has 0 radical (unpaired) electrons. The maximum absolute atomic E-state index is 13.1. The molecule has 4 aromatic rings. The van der Waals surface area contributed by atoms with E-state index in [9.17, 15) is 13.2 Å². The Morgan fingerprint density at radius 1 is 1.10 bits per heavy atom. The van der Waals surface area contributed by atoms with Gasteiger partial charge in [-0.15, -0.1) is 10.2 Å². The second kappa shape index (κ2) is 7.95. The Morgan fingerprint density at radius 2 is 1.87 bits per heavy atom. The summed E-state index contributed by atoms with van der Waals surface area (Å²) < 4.78 is 40.4. The van der Waals surface area contributed by atoms with E-state index >= 15 is 0 Å². The molecule has 0 amide bonds. The predicted molar refractivity (Wildman–Crippen MR) is 107 cm³/mol. The topological polar surface area (TPSA) is 107 Å². The average molecular weight is 453 g/mol. The number of rotatable bonds is 5. The number of aromatic nitrogens is 6. The third-order valence-corrected chi connectivity index (χ3v) is 5.03. The molecule has 0 aliphatic rings. The van der Waals surface area contributed by atoms with Crippen LogP contribution in [0.1, 0.15) is 11.4 Å². The molecular weight excluding hydrogens is 441 g/mol. The van der Waals surface area contributed by atoms with E-state index in [0.717, 1.165) is 29.7 Å². The summed E-state index contributed by atoms with van der Waals surface area (Å²) in [6, 6.07) is 10.0. The van der Waals surface area contributed by atoms with E-state index in [1.54, 1.807) is 0 Å². The molecule has 0 bridgehead atoms. The average Bonchev–Trinajstić information content (AvgIpc) is 3.10. The Morgan fingerprint density at radius 3 is 2.60 bits per heavy atom. The number of thioether (sulfide) groups is 1. The second-order valence-electron chi connectivity index (χ2n) is 5.96. The molecule has 4 rings (SSSR count). The molecule has 30 heavy (non-hydrogen) atoms. The Labute approximate surface area is 176 Å². The first-order valence-corrected chi connectivity index (χ1v) is 9.73. The van der Waals surface area contributed by atoms with Crippen LogP contribution in [0.4, 0.5) is 30.8 Å². The van der Waals surface area contributed by atoms with Crippen LogP contribution in [0.2, 0.25) is 5.02 Å². The number of nitrogen functional groups attached to an aromatic ring is 1. The molecule has 0 saturated carbocycles. The number of nitrogens with two attached hydrogens (primary N) is 1. The lowest BCUT2D eigenvalue weighted by Crippen LogP contribution is -2.07. The summed E-state index contributed by atoms with van der Waals surface area (Å²) in [6.45, 7) is 0. The maximum atomic E-state index is 13.1. The number of benzene rings is 1. The van der Waals surface area contributed by atoms with Gasteiger partial charge in [0.05, 0.1) is 16.3 Å². The quantitative estimate of drug-likeness (QED) is 0.434. The number of anilines is 3. The first-order chi connectivity index (χ1) is 14.3. The Kier molecular flexibility index (Phi) is 5.35. The number of para-hydroxylation sites is 1. The molecule has 3 aromatic heterocycles. The molecule has 0 unspecified atom stereocenters. The SMILES string of the molecule is Nc1nc(CSc2nnc3c(Cl)cc(C(F)(F)F)cn23)nc(Nc2ccccc2)n1. The monoisotopic (exact) mass is 452 g/mol. The zero-order valence-corrected chi connectivity index (χ0v) is 16.5. The highest BCUT2D eigenvalue weighted by Gasteiger charge is 2.32. The van der Waals surface area contributed by atoms with Crippen molar-refractivity contribution in [3.63, 3.8) is 0 Å². The molecular formula is C17H12ClF3N8S. The minimum absolute atomic E-state index is 0.00698. The van der Waals surface area contributed by atoms with Crippen molar-refractivity contribution in [2.24, 2.45) is 0 Å². The van der Waals surface area contributed by atoms with Crippen LogP contribution >= 0.6 is 23.4 Å². The zero-order valence-electron chi connectivity index (χ0n) is 14.9. The van der Waals surface area contributed by atoms with E-state index in [4.69, 9.17) is 17.3 Å². The smallest absolute Gasteiger partial charge is 0.368 e. The van der Waals surface area contributed by atoms with Crippen molar-refractivity contribution < 1.29 is 13.2 Å². The molecule has 0 aliphatic carbocycles. The largest absolute Gasteiger partial charge is 0.417 e. The number of nitrogens with zero attached hydrogens (tertiary/aromatic N) is 6. The Bertz CT molecular complexity index is 1200. The van der Waals surface area contributed by atoms with Crippen LogP contribution in [0.15, 0.2) is 47.8 Å². The maximum Gasteiger partial charge on any atom is 0.417 e. The molecule has 1 aromatic carbocycles. The summed E-state index contributed by atoms with van der Waals surface area (Å²) in [5, 5.41) is 10.8. The lowest BCUT2D eigenvalue weighted by molar-refractivity contribution is -0.137. The molecule has 0 saturated heterocycles. The minimum Gasteiger partial charge on any atom is -0.368 e. The highest BCUT2D eigenvalue weighted by Crippen LogP contribution is 2.33. The van der Waals surface area contributed by atoms with Crippen molar-refractivity contribution in [2.45, 2.75) is 17.1 Å². The Balaban J connectivity index is 1.57. The van der Waals surface area contributed by atoms with Crippen LogP contribution < -0.4 is 11.1 Å². The van der Waals surface area contributed by atoms with Crippen molar-refractivity contribution in [3.05, 3.63) is 59.0 Å². The standard InChI is InChI=1S/C17H12ClF3N8S/c18-11-6-9(17(19,20)21)7-29-13(11)27-28-16(29)30-8-12-24-14(22)26-15(25-12)23-10-4-2-1-3-5-10/h1-7H,8H2,(H3,22,23,24,25,26). The fourth-order valence-electron chi connectivity index (χ4n) is 2.53. The van der Waals surface area contributed by atoms with Gasteiger partial charge in [0.1, 0.15) is 5.82 Å². The van der Waals surface area contributed by atoms with E-state index in [-0.39, 0.29) is 33.5 Å². The fourth-order valence-corrected chi connectivity index (χ4v) is 3.54. The van der Waals surface area contributed by atoms with Crippen LogP contribution in [0.25, 0.3) is 5.65 Å².